The fraction of sp³-hybridized carbons (Fsp3) is 0.500. The second kappa shape index (κ2) is 7.03. The van der Waals surface area contributed by atoms with Crippen molar-refractivity contribution in [3.05, 3.63) is 28.2 Å². The average Bonchev–Trinajstić information content (AvgIpc) is 3.24. The van der Waals surface area contributed by atoms with Crippen LogP contribution in [0.3, 0.4) is 0 Å². The van der Waals surface area contributed by atoms with Crippen molar-refractivity contribution >= 4 is 40.9 Å². The van der Waals surface area contributed by atoms with Crippen LogP contribution in [-0.4, -0.2) is 23.7 Å². The Kier molecular flexibility index (Phi) is 5.61. The molecule has 20 heavy (non-hydrogen) atoms. The molecule has 0 radical (unpaired) electrons. The molecule has 0 bridgehead atoms. The summed E-state index contributed by atoms with van der Waals surface area (Å²) in [5.41, 5.74) is 5.70. The molecule has 2 atom stereocenters. The van der Waals surface area contributed by atoms with Crippen LogP contribution in [0.25, 0.3) is 0 Å². The summed E-state index contributed by atoms with van der Waals surface area (Å²) in [6, 6.07) is 5.35. The third kappa shape index (κ3) is 4.29. The number of carbonyl (C=O) groups is 1. The van der Waals surface area contributed by atoms with Crippen LogP contribution in [0.1, 0.15) is 19.8 Å². The number of hydrogen-bond acceptors (Lipinski definition) is 3. The molecule has 1 fully saturated rings. The van der Waals surface area contributed by atoms with Gasteiger partial charge < -0.3 is 11.1 Å². The van der Waals surface area contributed by atoms with E-state index >= 15 is 0 Å². The maximum atomic E-state index is 12.2. The van der Waals surface area contributed by atoms with Crippen LogP contribution in [0.15, 0.2) is 23.1 Å². The van der Waals surface area contributed by atoms with E-state index in [1.807, 2.05) is 6.92 Å². The Morgan fingerprint density at radius 3 is 2.80 bits per heavy atom. The van der Waals surface area contributed by atoms with Crippen LogP contribution in [-0.2, 0) is 4.79 Å². The molecule has 2 rings (SSSR count). The Morgan fingerprint density at radius 1 is 1.50 bits per heavy atom. The van der Waals surface area contributed by atoms with Crippen molar-refractivity contribution in [3.63, 3.8) is 0 Å². The van der Waals surface area contributed by atoms with Crippen LogP contribution in [0, 0.1) is 5.92 Å². The van der Waals surface area contributed by atoms with Gasteiger partial charge in [0.05, 0.1) is 10.3 Å². The second-order valence-corrected chi connectivity index (χ2v) is 7.25. The molecule has 0 aliphatic heterocycles. The fourth-order valence-electron chi connectivity index (χ4n) is 1.98. The molecule has 0 heterocycles. The minimum absolute atomic E-state index is 0.00612. The summed E-state index contributed by atoms with van der Waals surface area (Å²) in [5, 5.41) is 4.01. The summed E-state index contributed by atoms with van der Waals surface area (Å²) in [5.74, 6) is 0.546. The van der Waals surface area contributed by atoms with Crippen molar-refractivity contribution in [2.24, 2.45) is 11.7 Å². The summed E-state index contributed by atoms with van der Waals surface area (Å²) in [6.07, 6.45) is 2.31. The molecular formula is C14H18Cl2N2OS. The van der Waals surface area contributed by atoms with E-state index in [9.17, 15) is 4.79 Å². The minimum Gasteiger partial charge on any atom is -0.351 e. The van der Waals surface area contributed by atoms with Crippen LogP contribution >= 0.6 is 35.0 Å². The summed E-state index contributed by atoms with van der Waals surface area (Å²) < 4.78 is 0. The first-order chi connectivity index (χ1) is 9.51. The summed E-state index contributed by atoms with van der Waals surface area (Å²) in [6.45, 7) is 2.35. The van der Waals surface area contributed by atoms with Crippen molar-refractivity contribution in [2.75, 3.05) is 6.54 Å². The van der Waals surface area contributed by atoms with Gasteiger partial charge >= 0.3 is 0 Å². The lowest BCUT2D eigenvalue weighted by Gasteiger charge is -2.19. The van der Waals surface area contributed by atoms with Gasteiger partial charge in [0.1, 0.15) is 0 Å². The van der Waals surface area contributed by atoms with Gasteiger partial charge in [0.15, 0.2) is 0 Å². The Hall–Kier alpha value is -0.420. The van der Waals surface area contributed by atoms with Crippen molar-refractivity contribution in [1.29, 1.82) is 0 Å². The molecule has 2 unspecified atom stereocenters. The maximum absolute atomic E-state index is 12.2. The normalized spacial score (nSPS) is 17.6. The molecule has 1 aliphatic carbocycles. The number of hydrogen-bond donors (Lipinski definition) is 2. The molecule has 0 spiro atoms. The highest BCUT2D eigenvalue weighted by Gasteiger charge is 2.32. The molecule has 3 N–H and O–H groups in total. The number of nitrogens with two attached hydrogens (primary N) is 1. The Labute approximate surface area is 133 Å². The molecule has 0 aromatic heterocycles. The van der Waals surface area contributed by atoms with Gasteiger partial charge in [-0.05, 0) is 43.9 Å². The van der Waals surface area contributed by atoms with Gasteiger partial charge in [-0.15, -0.1) is 11.8 Å². The highest BCUT2D eigenvalue weighted by Crippen LogP contribution is 2.34. The topological polar surface area (TPSA) is 55.1 Å². The third-order valence-electron chi connectivity index (χ3n) is 3.34. The summed E-state index contributed by atoms with van der Waals surface area (Å²) in [7, 11) is 0. The van der Waals surface area contributed by atoms with Crippen LogP contribution < -0.4 is 11.1 Å². The molecule has 1 aromatic carbocycles. The van der Waals surface area contributed by atoms with E-state index in [1.165, 1.54) is 11.8 Å². The predicted octanol–water partition coefficient (Wildman–Crippen LogP) is 3.33. The molecule has 1 aromatic rings. The van der Waals surface area contributed by atoms with Gasteiger partial charge in [-0.3, -0.25) is 4.79 Å². The van der Waals surface area contributed by atoms with E-state index in [2.05, 4.69) is 5.32 Å². The molecule has 1 saturated carbocycles. The Balaban J connectivity index is 1.94. The van der Waals surface area contributed by atoms with Crippen LogP contribution in [0.4, 0.5) is 0 Å². The molecule has 3 nitrogen and oxygen atoms in total. The van der Waals surface area contributed by atoms with E-state index in [1.54, 1.807) is 18.2 Å². The maximum Gasteiger partial charge on any atom is 0.233 e. The van der Waals surface area contributed by atoms with Crippen molar-refractivity contribution in [3.8, 4) is 0 Å². The van der Waals surface area contributed by atoms with Crippen molar-refractivity contribution < 1.29 is 4.79 Å². The quantitative estimate of drug-likeness (QED) is 0.785. The summed E-state index contributed by atoms with van der Waals surface area (Å²) >= 11 is 13.5. The van der Waals surface area contributed by atoms with Gasteiger partial charge in [-0.2, -0.15) is 0 Å². The van der Waals surface area contributed by atoms with E-state index in [0.29, 0.717) is 22.5 Å². The first kappa shape index (κ1) is 16.0. The van der Waals surface area contributed by atoms with E-state index in [4.69, 9.17) is 28.9 Å². The lowest BCUT2D eigenvalue weighted by atomic mass is 10.2. The van der Waals surface area contributed by atoms with Crippen LogP contribution in [0.2, 0.25) is 10.0 Å². The number of benzene rings is 1. The largest absolute Gasteiger partial charge is 0.351 e. The number of thioether (sulfide) groups is 1. The average molecular weight is 333 g/mol. The van der Waals surface area contributed by atoms with E-state index in [0.717, 1.165) is 17.7 Å². The Morgan fingerprint density at radius 2 is 2.20 bits per heavy atom. The van der Waals surface area contributed by atoms with Crippen molar-refractivity contribution in [1.82, 2.24) is 5.32 Å². The molecule has 1 amide bonds. The third-order valence-corrected chi connectivity index (χ3v) is 5.17. The first-order valence-corrected chi connectivity index (χ1v) is 8.27. The zero-order chi connectivity index (χ0) is 14.7. The number of amides is 1. The lowest BCUT2D eigenvalue weighted by Crippen LogP contribution is -2.44. The van der Waals surface area contributed by atoms with E-state index < -0.39 is 0 Å². The monoisotopic (exact) mass is 332 g/mol. The van der Waals surface area contributed by atoms with Gasteiger partial charge in [0.2, 0.25) is 5.91 Å². The molecule has 6 heteroatoms. The number of nitrogens with one attached hydrogen (secondary N) is 1. The zero-order valence-corrected chi connectivity index (χ0v) is 13.6. The molecule has 0 saturated heterocycles. The smallest absolute Gasteiger partial charge is 0.233 e. The highest BCUT2D eigenvalue weighted by atomic mass is 35.5. The first-order valence-electron chi connectivity index (χ1n) is 6.63. The SMILES string of the molecule is CC(Sc1cc(Cl)ccc1Cl)C(=O)NC(CN)C1CC1. The summed E-state index contributed by atoms with van der Waals surface area (Å²) in [4.78, 5) is 13.0. The van der Waals surface area contributed by atoms with Gasteiger partial charge in [-0.25, -0.2) is 0 Å². The van der Waals surface area contributed by atoms with Crippen molar-refractivity contribution in [2.45, 2.75) is 36.0 Å². The fourth-order valence-corrected chi connectivity index (χ4v) is 3.40. The number of halogens is 2. The molecule has 1 aliphatic rings. The number of carbonyl (C=O) groups excluding carboxylic acids is 1. The Bertz CT molecular complexity index is 494. The number of rotatable bonds is 6. The van der Waals surface area contributed by atoms with Gasteiger partial charge in [0.25, 0.3) is 0 Å². The van der Waals surface area contributed by atoms with Gasteiger partial charge in [-0.1, -0.05) is 23.2 Å². The molecule has 110 valence electrons. The zero-order valence-electron chi connectivity index (χ0n) is 11.2. The second-order valence-electron chi connectivity index (χ2n) is 5.02. The minimum atomic E-state index is -0.237. The molecular weight excluding hydrogens is 315 g/mol. The lowest BCUT2D eigenvalue weighted by molar-refractivity contribution is -0.121. The van der Waals surface area contributed by atoms with Gasteiger partial charge in [0, 0.05) is 22.5 Å². The standard InChI is InChI=1S/C14H18Cl2N2OS/c1-8(14(19)18-12(7-17)9-2-3-9)20-13-6-10(15)4-5-11(13)16/h4-6,8-9,12H,2-3,7,17H2,1H3,(H,18,19). The van der Waals surface area contributed by atoms with Crippen LogP contribution in [0.5, 0.6) is 0 Å². The predicted molar refractivity (Wildman–Crippen MR) is 85.5 cm³/mol. The van der Waals surface area contributed by atoms with E-state index in [-0.39, 0.29) is 17.2 Å². The highest BCUT2D eigenvalue weighted by molar-refractivity contribution is 8.00.